The number of hydrogen-bond donors (Lipinski definition) is 1. The van der Waals surface area contributed by atoms with E-state index in [1.165, 1.54) is 14.0 Å². The van der Waals surface area contributed by atoms with Gasteiger partial charge in [0.2, 0.25) is 0 Å². The molecule has 0 saturated carbocycles. The first-order valence-corrected chi connectivity index (χ1v) is 8.63. The van der Waals surface area contributed by atoms with Gasteiger partial charge in [-0.1, -0.05) is 42.0 Å². The van der Waals surface area contributed by atoms with Crippen LogP contribution in [0.1, 0.15) is 22.8 Å². The number of nitrogens with one attached hydrogen (secondary N) is 1. The first kappa shape index (κ1) is 18.5. The molecule has 0 aliphatic carbocycles. The molecule has 0 saturated heterocycles. The van der Waals surface area contributed by atoms with Crippen molar-refractivity contribution < 1.29 is 19.1 Å². The minimum Gasteiger partial charge on any atom is -0.496 e. The summed E-state index contributed by atoms with van der Waals surface area (Å²) in [5.74, 6) is -0.588. The quantitative estimate of drug-likeness (QED) is 0.685. The van der Waals surface area contributed by atoms with Gasteiger partial charge in [0.1, 0.15) is 11.3 Å². The fourth-order valence-electron chi connectivity index (χ4n) is 2.77. The maximum Gasteiger partial charge on any atom is 0.342 e. The van der Waals surface area contributed by atoms with Crippen LogP contribution in [-0.2, 0) is 9.53 Å². The van der Waals surface area contributed by atoms with E-state index in [4.69, 9.17) is 9.47 Å². The Morgan fingerprint density at radius 3 is 2.44 bits per heavy atom. The van der Waals surface area contributed by atoms with E-state index in [2.05, 4.69) is 5.32 Å². The molecule has 138 valence electrons. The lowest BCUT2D eigenvalue weighted by Crippen LogP contribution is -2.30. The van der Waals surface area contributed by atoms with E-state index in [1.54, 1.807) is 12.1 Å². The molecular weight excluding hydrogens is 342 g/mol. The molecule has 0 bridgehead atoms. The number of carbonyl (C=O) groups excluding carboxylic acids is 2. The van der Waals surface area contributed by atoms with Crippen molar-refractivity contribution in [3.05, 3.63) is 71.8 Å². The molecule has 0 unspecified atom stereocenters. The summed E-state index contributed by atoms with van der Waals surface area (Å²) in [7, 11) is 1.48. The molecule has 0 aliphatic heterocycles. The summed E-state index contributed by atoms with van der Waals surface area (Å²) in [5.41, 5.74) is 1.84. The van der Waals surface area contributed by atoms with Crippen molar-refractivity contribution >= 4 is 28.3 Å². The fourth-order valence-corrected chi connectivity index (χ4v) is 2.77. The second kappa shape index (κ2) is 7.91. The number of benzene rings is 3. The Labute approximate surface area is 157 Å². The van der Waals surface area contributed by atoms with E-state index >= 15 is 0 Å². The van der Waals surface area contributed by atoms with Crippen molar-refractivity contribution in [1.82, 2.24) is 0 Å². The van der Waals surface area contributed by atoms with Gasteiger partial charge in [-0.3, -0.25) is 4.79 Å². The van der Waals surface area contributed by atoms with Crippen LogP contribution in [0.15, 0.2) is 60.7 Å². The number of fused-ring (bicyclic) bond motifs is 1. The molecule has 3 aromatic rings. The third-order valence-electron chi connectivity index (χ3n) is 4.24. The van der Waals surface area contributed by atoms with Gasteiger partial charge in [0.15, 0.2) is 6.10 Å². The molecule has 0 radical (unpaired) electrons. The molecule has 1 amide bonds. The minimum absolute atomic E-state index is 0.294. The third kappa shape index (κ3) is 4.26. The molecule has 0 heterocycles. The van der Waals surface area contributed by atoms with E-state index in [-0.39, 0.29) is 0 Å². The van der Waals surface area contributed by atoms with Crippen molar-refractivity contribution in [1.29, 1.82) is 0 Å². The average molecular weight is 363 g/mol. The SMILES string of the molecule is COc1ccc(C)cc1C(=O)O[C@H](C)C(=O)Nc1ccc2ccccc2c1. The summed E-state index contributed by atoms with van der Waals surface area (Å²) in [6, 6.07) is 18.7. The largest absolute Gasteiger partial charge is 0.496 e. The number of rotatable bonds is 5. The Hall–Kier alpha value is -3.34. The Balaban J connectivity index is 1.69. The van der Waals surface area contributed by atoms with Gasteiger partial charge >= 0.3 is 5.97 Å². The molecule has 5 nitrogen and oxygen atoms in total. The average Bonchev–Trinajstić information content (AvgIpc) is 2.67. The first-order valence-electron chi connectivity index (χ1n) is 8.63. The van der Waals surface area contributed by atoms with Crippen molar-refractivity contribution in [3.8, 4) is 5.75 Å². The van der Waals surface area contributed by atoms with E-state index in [1.807, 2.05) is 55.5 Å². The maximum atomic E-state index is 12.4. The van der Waals surface area contributed by atoms with Crippen LogP contribution >= 0.6 is 0 Å². The molecule has 3 aromatic carbocycles. The van der Waals surface area contributed by atoms with Crippen LogP contribution in [0.3, 0.4) is 0 Å². The lowest BCUT2D eigenvalue weighted by molar-refractivity contribution is -0.123. The van der Waals surface area contributed by atoms with Gasteiger partial charge in [0.25, 0.3) is 5.91 Å². The zero-order valence-corrected chi connectivity index (χ0v) is 15.5. The summed E-state index contributed by atoms with van der Waals surface area (Å²) >= 11 is 0. The molecule has 0 aliphatic rings. The summed E-state index contributed by atoms with van der Waals surface area (Å²) in [4.78, 5) is 24.9. The van der Waals surface area contributed by atoms with Crippen LogP contribution in [0.25, 0.3) is 10.8 Å². The number of hydrogen-bond acceptors (Lipinski definition) is 4. The normalized spacial score (nSPS) is 11.7. The zero-order chi connectivity index (χ0) is 19.4. The number of esters is 1. The Morgan fingerprint density at radius 2 is 1.70 bits per heavy atom. The van der Waals surface area contributed by atoms with Gasteiger partial charge in [-0.05, 0) is 48.9 Å². The first-order chi connectivity index (χ1) is 13.0. The van der Waals surface area contributed by atoms with Crippen molar-refractivity contribution in [2.75, 3.05) is 12.4 Å². The molecule has 0 spiro atoms. The molecular formula is C22H21NO4. The minimum atomic E-state index is -0.950. The van der Waals surface area contributed by atoms with Crippen LogP contribution in [0.2, 0.25) is 0 Å². The predicted octanol–water partition coefficient (Wildman–Crippen LogP) is 4.34. The number of amides is 1. The van der Waals surface area contributed by atoms with Gasteiger partial charge in [-0.15, -0.1) is 0 Å². The topological polar surface area (TPSA) is 64.6 Å². The molecule has 1 atom stereocenters. The second-order valence-electron chi connectivity index (χ2n) is 6.30. The van der Waals surface area contributed by atoms with Gasteiger partial charge in [0, 0.05) is 5.69 Å². The third-order valence-corrected chi connectivity index (χ3v) is 4.24. The van der Waals surface area contributed by atoms with Gasteiger partial charge in [-0.25, -0.2) is 4.79 Å². The number of anilines is 1. The molecule has 5 heteroatoms. The molecule has 27 heavy (non-hydrogen) atoms. The predicted molar refractivity (Wildman–Crippen MR) is 105 cm³/mol. The summed E-state index contributed by atoms with van der Waals surface area (Å²) in [5, 5.41) is 4.89. The molecule has 0 aromatic heterocycles. The van der Waals surface area contributed by atoms with Crippen LogP contribution in [-0.4, -0.2) is 25.1 Å². The highest BCUT2D eigenvalue weighted by Gasteiger charge is 2.21. The summed E-state index contributed by atoms with van der Waals surface area (Å²) in [6.07, 6.45) is -0.950. The van der Waals surface area contributed by atoms with Crippen molar-refractivity contribution in [2.24, 2.45) is 0 Å². The van der Waals surface area contributed by atoms with E-state index in [9.17, 15) is 9.59 Å². The highest BCUT2D eigenvalue weighted by Crippen LogP contribution is 2.22. The summed E-state index contributed by atoms with van der Waals surface area (Å²) in [6.45, 7) is 3.41. The molecule has 0 fully saturated rings. The number of aryl methyl sites for hydroxylation is 1. The van der Waals surface area contributed by atoms with Crippen molar-refractivity contribution in [2.45, 2.75) is 20.0 Å². The van der Waals surface area contributed by atoms with Crippen LogP contribution in [0.5, 0.6) is 5.75 Å². The lowest BCUT2D eigenvalue weighted by atomic mass is 10.1. The highest BCUT2D eigenvalue weighted by molar-refractivity contribution is 5.99. The van der Waals surface area contributed by atoms with Crippen LogP contribution in [0, 0.1) is 6.92 Å². The smallest absolute Gasteiger partial charge is 0.342 e. The number of methoxy groups -OCH3 is 1. The Morgan fingerprint density at radius 1 is 0.963 bits per heavy atom. The molecule has 3 rings (SSSR count). The standard InChI is InChI=1S/C22H21NO4/c1-14-8-11-20(26-3)19(12-14)22(25)27-15(2)21(24)23-18-10-9-16-6-4-5-7-17(16)13-18/h4-13,15H,1-3H3,(H,23,24)/t15-/m1/s1. The second-order valence-corrected chi connectivity index (χ2v) is 6.30. The molecule has 1 N–H and O–H groups in total. The Kier molecular flexibility index (Phi) is 5.41. The fraction of sp³-hybridized carbons (Fsp3) is 0.182. The maximum absolute atomic E-state index is 12.4. The van der Waals surface area contributed by atoms with Gasteiger partial charge in [-0.2, -0.15) is 0 Å². The Bertz CT molecular complexity index is 997. The highest BCUT2D eigenvalue weighted by atomic mass is 16.5. The van der Waals surface area contributed by atoms with Gasteiger partial charge in [0.05, 0.1) is 7.11 Å². The lowest BCUT2D eigenvalue weighted by Gasteiger charge is -2.15. The number of ether oxygens (including phenoxy) is 2. The van der Waals surface area contributed by atoms with Gasteiger partial charge < -0.3 is 14.8 Å². The van der Waals surface area contributed by atoms with Crippen LogP contribution in [0.4, 0.5) is 5.69 Å². The van der Waals surface area contributed by atoms with Crippen molar-refractivity contribution in [3.63, 3.8) is 0 Å². The summed E-state index contributed by atoms with van der Waals surface area (Å²) < 4.78 is 10.5. The number of carbonyl (C=O) groups is 2. The van der Waals surface area contributed by atoms with E-state index in [0.29, 0.717) is 17.0 Å². The van der Waals surface area contributed by atoms with Crippen LogP contribution < -0.4 is 10.1 Å². The zero-order valence-electron chi connectivity index (χ0n) is 15.5. The van der Waals surface area contributed by atoms with E-state index in [0.717, 1.165) is 16.3 Å². The van der Waals surface area contributed by atoms with E-state index < -0.39 is 18.0 Å². The monoisotopic (exact) mass is 363 g/mol.